The van der Waals surface area contributed by atoms with Crippen LogP contribution in [-0.4, -0.2) is 31.0 Å². The Morgan fingerprint density at radius 1 is 1.29 bits per heavy atom. The SMILES string of the molecule is CC(C)NS(=O)(=O)c1ccccc1NCCc1ncc[nH]1. The number of aromatic amines is 1. The normalized spacial score (nSPS) is 11.8. The fraction of sp³-hybridized carbons (Fsp3) is 0.357. The van der Waals surface area contributed by atoms with E-state index in [4.69, 9.17) is 0 Å². The number of benzene rings is 1. The number of hydrogen-bond donors (Lipinski definition) is 3. The average molecular weight is 308 g/mol. The van der Waals surface area contributed by atoms with Crippen LogP contribution in [0.3, 0.4) is 0 Å². The fourth-order valence-corrected chi connectivity index (χ4v) is 3.41. The third-order valence-electron chi connectivity index (χ3n) is 2.80. The van der Waals surface area contributed by atoms with E-state index in [0.29, 0.717) is 18.7 Å². The maximum Gasteiger partial charge on any atom is 0.242 e. The molecule has 114 valence electrons. The zero-order valence-electron chi connectivity index (χ0n) is 12.1. The van der Waals surface area contributed by atoms with Gasteiger partial charge in [0.05, 0.1) is 5.69 Å². The van der Waals surface area contributed by atoms with Crippen LogP contribution >= 0.6 is 0 Å². The highest BCUT2D eigenvalue weighted by molar-refractivity contribution is 7.89. The first-order valence-electron chi connectivity index (χ1n) is 6.82. The molecule has 0 aliphatic rings. The van der Waals surface area contributed by atoms with Gasteiger partial charge in [0.2, 0.25) is 10.0 Å². The molecule has 7 heteroatoms. The minimum atomic E-state index is -3.51. The summed E-state index contributed by atoms with van der Waals surface area (Å²) in [5.74, 6) is 0.864. The van der Waals surface area contributed by atoms with Crippen molar-refractivity contribution >= 4 is 15.7 Å². The molecule has 0 bridgehead atoms. The summed E-state index contributed by atoms with van der Waals surface area (Å²) in [6, 6.07) is 6.74. The second-order valence-corrected chi connectivity index (χ2v) is 6.67. The molecule has 0 aliphatic carbocycles. The Bertz CT molecular complexity index is 666. The maximum absolute atomic E-state index is 12.3. The van der Waals surface area contributed by atoms with Crippen molar-refractivity contribution in [3.8, 4) is 0 Å². The lowest BCUT2D eigenvalue weighted by Crippen LogP contribution is -2.30. The first-order valence-corrected chi connectivity index (χ1v) is 8.31. The molecule has 2 rings (SSSR count). The summed E-state index contributed by atoms with van der Waals surface area (Å²) >= 11 is 0. The summed E-state index contributed by atoms with van der Waals surface area (Å²) in [7, 11) is -3.51. The molecule has 0 saturated heterocycles. The molecule has 0 unspecified atom stereocenters. The van der Waals surface area contributed by atoms with Gasteiger partial charge in [-0.1, -0.05) is 12.1 Å². The van der Waals surface area contributed by atoms with Crippen molar-refractivity contribution in [3.05, 3.63) is 42.5 Å². The van der Waals surface area contributed by atoms with E-state index in [-0.39, 0.29) is 10.9 Å². The lowest BCUT2D eigenvalue weighted by molar-refractivity contribution is 0.570. The highest BCUT2D eigenvalue weighted by atomic mass is 32.2. The number of nitrogens with one attached hydrogen (secondary N) is 3. The molecule has 0 fully saturated rings. The number of aromatic nitrogens is 2. The monoisotopic (exact) mass is 308 g/mol. The molecule has 2 aromatic rings. The summed E-state index contributed by atoms with van der Waals surface area (Å²) in [6.07, 6.45) is 4.15. The molecule has 0 amide bonds. The topological polar surface area (TPSA) is 86.9 Å². The van der Waals surface area contributed by atoms with Gasteiger partial charge in [-0.25, -0.2) is 18.1 Å². The largest absolute Gasteiger partial charge is 0.383 e. The Morgan fingerprint density at radius 3 is 2.71 bits per heavy atom. The lowest BCUT2D eigenvalue weighted by atomic mass is 10.3. The number of hydrogen-bond acceptors (Lipinski definition) is 4. The van der Waals surface area contributed by atoms with Crippen molar-refractivity contribution < 1.29 is 8.42 Å². The van der Waals surface area contributed by atoms with Gasteiger partial charge < -0.3 is 10.3 Å². The number of imidazole rings is 1. The van der Waals surface area contributed by atoms with Crippen LogP contribution in [0.1, 0.15) is 19.7 Å². The van der Waals surface area contributed by atoms with Crippen molar-refractivity contribution in [3.63, 3.8) is 0 Å². The van der Waals surface area contributed by atoms with E-state index >= 15 is 0 Å². The molecule has 0 radical (unpaired) electrons. The first kappa shape index (κ1) is 15.5. The highest BCUT2D eigenvalue weighted by Gasteiger charge is 2.18. The molecule has 1 heterocycles. The van der Waals surface area contributed by atoms with Crippen molar-refractivity contribution in [1.29, 1.82) is 0 Å². The van der Waals surface area contributed by atoms with Gasteiger partial charge in [-0.2, -0.15) is 0 Å². The van der Waals surface area contributed by atoms with Gasteiger partial charge in [0.25, 0.3) is 0 Å². The number of para-hydroxylation sites is 1. The van der Waals surface area contributed by atoms with Crippen LogP contribution in [-0.2, 0) is 16.4 Å². The van der Waals surface area contributed by atoms with Crippen LogP contribution in [0.2, 0.25) is 0 Å². The third kappa shape index (κ3) is 4.30. The molecule has 0 saturated carbocycles. The number of H-pyrrole nitrogens is 1. The van der Waals surface area contributed by atoms with Crippen molar-refractivity contribution in [1.82, 2.24) is 14.7 Å². The standard InChI is InChI=1S/C14H20N4O2S/c1-11(2)18-21(19,20)13-6-4-3-5-12(13)15-8-7-14-16-9-10-17-14/h3-6,9-11,15,18H,7-8H2,1-2H3,(H,16,17). The molecule has 0 spiro atoms. The summed E-state index contributed by atoms with van der Waals surface area (Å²) in [6.45, 7) is 4.19. The van der Waals surface area contributed by atoms with Gasteiger partial charge >= 0.3 is 0 Å². The Labute approximate surface area is 125 Å². The second-order valence-electron chi connectivity index (χ2n) is 4.98. The minimum Gasteiger partial charge on any atom is -0.383 e. The van der Waals surface area contributed by atoms with E-state index in [9.17, 15) is 8.42 Å². The average Bonchev–Trinajstić information content (AvgIpc) is 2.91. The van der Waals surface area contributed by atoms with E-state index in [1.165, 1.54) is 0 Å². The summed E-state index contributed by atoms with van der Waals surface area (Å²) in [4.78, 5) is 7.41. The molecule has 0 aliphatic heterocycles. The van der Waals surface area contributed by atoms with Gasteiger partial charge in [0.15, 0.2) is 0 Å². The van der Waals surface area contributed by atoms with Gasteiger partial charge in [-0.15, -0.1) is 0 Å². The number of sulfonamides is 1. The predicted octanol–water partition coefficient (Wildman–Crippen LogP) is 1.75. The van der Waals surface area contributed by atoms with Crippen LogP contribution in [0.25, 0.3) is 0 Å². The van der Waals surface area contributed by atoms with E-state index in [2.05, 4.69) is 20.0 Å². The smallest absolute Gasteiger partial charge is 0.242 e. The van der Waals surface area contributed by atoms with Gasteiger partial charge in [-0.05, 0) is 26.0 Å². The van der Waals surface area contributed by atoms with Gasteiger partial charge in [0, 0.05) is 31.4 Å². The molecule has 6 nitrogen and oxygen atoms in total. The Balaban J connectivity index is 2.09. The summed E-state index contributed by atoms with van der Waals surface area (Å²) < 4.78 is 27.2. The lowest BCUT2D eigenvalue weighted by Gasteiger charge is -2.14. The van der Waals surface area contributed by atoms with E-state index in [1.54, 1.807) is 44.4 Å². The predicted molar refractivity (Wildman–Crippen MR) is 82.7 cm³/mol. The number of anilines is 1. The molecular formula is C14H20N4O2S. The van der Waals surface area contributed by atoms with Crippen LogP contribution in [0, 0.1) is 0 Å². The number of rotatable bonds is 7. The van der Waals surface area contributed by atoms with Crippen molar-refractivity contribution in [2.45, 2.75) is 31.2 Å². The van der Waals surface area contributed by atoms with Gasteiger partial charge in [0.1, 0.15) is 10.7 Å². The Morgan fingerprint density at radius 2 is 2.05 bits per heavy atom. The van der Waals surface area contributed by atoms with Crippen LogP contribution < -0.4 is 10.0 Å². The maximum atomic E-state index is 12.3. The summed E-state index contributed by atoms with van der Waals surface area (Å²) in [5.41, 5.74) is 0.595. The van der Waals surface area contributed by atoms with Crippen LogP contribution in [0.5, 0.6) is 0 Å². The molecule has 3 N–H and O–H groups in total. The molecule has 21 heavy (non-hydrogen) atoms. The fourth-order valence-electron chi connectivity index (χ4n) is 1.97. The Hall–Kier alpha value is -1.86. The first-order chi connectivity index (χ1) is 9.99. The minimum absolute atomic E-state index is 0.147. The summed E-state index contributed by atoms with van der Waals surface area (Å²) in [5, 5.41) is 3.15. The number of nitrogens with zero attached hydrogens (tertiary/aromatic N) is 1. The zero-order chi connectivity index (χ0) is 15.3. The van der Waals surface area contributed by atoms with E-state index in [1.807, 2.05) is 6.07 Å². The molecule has 1 aromatic carbocycles. The third-order valence-corrected chi connectivity index (χ3v) is 4.52. The van der Waals surface area contributed by atoms with Crippen LogP contribution in [0.4, 0.5) is 5.69 Å². The second kappa shape index (κ2) is 6.73. The molecule has 0 atom stereocenters. The zero-order valence-corrected chi connectivity index (χ0v) is 12.9. The van der Waals surface area contributed by atoms with Crippen LogP contribution in [0.15, 0.2) is 41.6 Å². The van der Waals surface area contributed by atoms with Crippen molar-refractivity contribution in [2.75, 3.05) is 11.9 Å². The van der Waals surface area contributed by atoms with E-state index < -0.39 is 10.0 Å². The Kier molecular flexibility index (Phi) is 4.98. The van der Waals surface area contributed by atoms with E-state index in [0.717, 1.165) is 5.82 Å². The van der Waals surface area contributed by atoms with Gasteiger partial charge in [-0.3, -0.25) is 0 Å². The molecular weight excluding hydrogens is 288 g/mol. The van der Waals surface area contributed by atoms with Crippen molar-refractivity contribution in [2.24, 2.45) is 0 Å². The quantitative estimate of drug-likeness (QED) is 0.727. The molecule has 1 aromatic heterocycles. The highest BCUT2D eigenvalue weighted by Crippen LogP contribution is 2.20.